The highest BCUT2D eigenvalue weighted by molar-refractivity contribution is 5.79. The number of ether oxygens (including phenoxy) is 1. The molecule has 5 nitrogen and oxygen atoms in total. The highest BCUT2D eigenvalue weighted by Crippen LogP contribution is 1.92. The molecule has 9 heavy (non-hydrogen) atoms. The minimum absolute atomic E-state index is 0.593. The maximum atomic E-state index is 10.6. The number of nitrogens with two attached hydrogens (primary N) is 2. The summed E-state index contributed by atoms with van der Waals surface area (Å²) in [6, 6.07) is 0. The maximum Gasteiger partial charge on any atom is 0.341 e. The number of hydrogen-bond donors (Lipinski definition) is 3. The van der Waals surface area contributed by atoms with Gasteiger partial charge in [0.25, 0.3) is 0 Å². The van der Waals surface area contributed by atoms with Crippen molar-refractivity contribution in [2.24, 2.45) is 11.6 Å². The fraction of sp³-hybridized carbons (Fsp3) is 0.750. The lowest BCUT2D eigenvalue weighted by Gasteiger charge is -2.19. The third kappa shape index (κ3) is 1.96. The van der Waals surface area contributed by atoms with Crippen molar-refractivity contribution < 1.29 is 9.53 Å². The number of methoxy groups -OCH3 is 1. The van der Waals surface area contributed by atoms with E-state index in [4.69, 9.17) is 11.6 Å². The second-order valence-corrected chi connectivity index (χ2v) is 1.84. The Morgan fingerprint density at radius 1 is 1.78 bits per heavy atom. The second-order valence-electron chi connectivity index (χ2n) is 1.84. The third-order valence-electron chi connectivity index (χ3n) is 0.909. The van der Waals surface area contributed by atoms with Crippen LogP contribution in [0, 0.1) is 0 Å². The zero-order valence-corrected chi connectivity index (χ0v) is 5.47. The lowest BCUT2D eigenvalue weighted by atomic mass is 10.2. The van der Waals surface area contributed by atoms with Crippen molar-refractivity contribution in [3.63, 3.8) is 0 Å². The standard InChI is InChI=1S/C4H11N3O2/c1-4(5,7-6)3(8)9-2/h7H,5-6H2,1-2H3/t4-/m1/s1. The van der Waals surface area contributed by atoms with Gasteiger partial charge in [-0.2, -0.15) is 0 Å². The van der Waals surface area contributed by atoms with E-state index in [1.807, 2.05) is 0 Å². The van der Waals surface area contributed by atoms with Crippen LogP contribution in [0.1, 0.15) is 6.92 Å². The van der Waals surface area contributed by atoms with Crippen molar-refractivity contribution in [3.8, 4) is 0 Å². The lowest BCUT2D eigenvalue weighted by molar-refractivity contribution is -0.147. The molecule has 0 aliphatic heterocycles. The molecule has 0 heterocycles. The molecule has 54 valence electrons. The fourth-order valence-electron chi connectivity index (χ4n) is 0.271. The van der Waals surface area contributed by atoms with Crippen LogP contribution in [0.15, 0.2) is 0 Å². The van der Waals surface area contributed by atoms with E-state index < -0.39 is 11.6 Å². The van der Waals surface area contributed by atoms with Gasteiger partial charge in [-0.3, -0.25) is 5.84 Å². The van der Waals surface area contributed by atoms with E-state index in [1.165, 1.54) is 14.0 Å². The molecule has 0 aliphatic carbocycles. The van der Waals surface area contributed by atoms with Crippen LogP contribution in [0.2, 0.25) is 0 Å². The molecule has 0 unspecified atom stereocenters. The first-order valence-electron chi connectivity index (χ1n) is 2.39. The highest BCUT2D eigenvalue weighted by atomic mass is 16.5. The van der Waals surface area contributed by atoms with E-state index in [2.05, 4.69) is 10.2 Å². The molecular weight excluding hydrogens is 122 g/mol. The minimum Gasteiger partial charge on any atom is -0.467 e. The number of nitrogens with one attached hydrogen (secondary N) is 1. The highest BCUT2D eigenvalue weighted by Gasteiger charge is 2.26. The molecule has 0 aromatic heterocycles. The zero-order valence-electron chi connectivity index (χ0n) is 5.47. The quantitative estimate of drug-likeness (QED) is 0.181. The Bertz CT molecular complexity index is 112. The van der Waals surface area contributed by atoms with Crippen LogP contribution in [0.4, 0.5) is 0 Å². The Morgan fingerprint density at radius 2 is 2.22 bits per heavy atom. The van der Waals surface area contributed by atoms with Crippen molar-refractivity contribution in [2.45, 2.75) is 12.6 Å². The Hall–Kier alpha value is -0.650. The molecule has 0 aromatic rings. The smallest absolute Gasteiger partial charge is 0.341 e. The van der Waals surface area contributed by atoms with Gasteiger partial charge in [0, 0.05) is 0 Å². The van der Waals surface area contributed by atoms with Crippen LogP contribution >= 0.6 is 0 Å². The molecule has 0 saturated carbocycles. The predicted molar refractivity (Wildman–Crippen MR) is 31.9 cm³/mol. The van der Waals surface area contributed by atoms with E-state index in [-0.39, 0.29) is 0 Å². The molecule has 0 bridgehead atoms. The van der Waals surface area contributed by atoms with Gasteiger partial charge in [0.15, 0.2) is 5.66 Å². The predicted octanol–water partition coefficient (Wildman–Crippen LogP) is -1.70. The maximum absolute atomic E-state index is 10.6. The second kappa shape index (κ2) is 2.77. The summed E-state index contributed by atoms with van der Waals surface area (Å²) >= 11 is 0. The molecule has 5 N–H and O–H groups in total. The first-order valence-corrected chi connectivity index (χ1v) is 2.39. The van der Waals surface area contributed by atoms with Crippen LogP contribution in [-0.2, 0) is 9.53 Å². The molecular formula is C4H11N3O2. The molecule has 0 radical (unpaired) electrons. The van der Waals surface area contributed by atoms with Gasteiger partial charge in [0.2, 0.25) is 0 Å². The molecule has 0 spiro atoms. The van der Waals surface area contributed by atoms with Crippen molar-refractivity contribution >= 4 is 5.97 Å². The largest absolute Gasteiger partial charge is 0.467 e. The van der Waals surface area contributed by atoms with E-state index in [9.17, 15) is 4.79 Å². The number of rotatable bonds is 2. The average molecular weight is 133 g/mol. The van der Waals surface area contributed by atoms with Gasteiger partial charge < -0.3 is 10.5 Å². The van der Waals surface area contributed by atoms with E-state index in [0.29, 0.717) is 0 Å². The molecule has 1 atom stereocenters. The summed E-state index contributed by atoms with van der Waals surface area (Å²) in [4.78, 5) is 10.6. The normalized spacial score (nSPS) is 16.4. The Morgan fingerprint density at radius 3 is 2.33 bits per heavy atom. The van der Waals surface area contributed by atoms with Crippen LogP contribution in [0.25, 0.3) is 0 Å². The fourth-order valence-corrected chi connectivity index (χ4v) is 0.271. The number of esters is 1. The summed E-state index contributed by atoms with van der Waals surface area (Å²) in [5, 5.41) is 0. The van der Waals surface area contributed by atoms with Gasteiger partial charge >= 0.3 is 5.97 Å². The van der Waals surface area contributed by atoms with Gasteiger partial charge in [-0.15, -0.1) is 0 Å². The van der Waals surface area contributed by atoms with Crippen LogP contribution in [0.5, 0.6) is 0 Å². The Labute approximate surface area is 53.3 Å². The van der Waals surface area contributed by atoms with E-state index >= 15 is 0 Å². The Kier molecular flexibility index (Phi) is 2.57. The van der Waals surface area contributed by atoms with Crippen molar-refractivity contribution in [1.82, 2.24) is 5.43 Å². The van der Waals surface area contributed by atoms with Gasteiger partial charge in [0.05, 0.1) is 7.11 Å². The number of carbonyl (C=O) groups excluding carboxylic acids is 1. The van der Waals surface area contributed by atoms with Crippen LogP contribution in [0.3, 0.4) is 0 Å². The molecule has 0 saturated heterocycles. The zero-order chi connectivity index (χ0) is 7.49. The van der Waals surface area contributed by atoms with Crippen LogP contribution < -0.4 is 17.0 Å². The van der Waals surface area contributed by atoms with Crippen molar-refractivity contribution in [2.75, 3.05) is 7.11 Å². The summed E-state index contributed by atoms with van der Waals surface area (Å²) in [7, 11) is 1.24. The summed E-state index contributed by atoms with van der Waals surface area (Å²) < 4.78 is 4.30. The summed E-state index contributed by atoms with van der Waals surface area (Å²) in [6.45, 7) is 1.42. The van der Waals surface area contributed by atoms with Crippen molar-refractivity contribution in [1.29, 1.82) is 0 Å². The first kappa shape index (κ1) is 8.35. The number of hydrogen-bond acceptors (Lipinski definition) is 5. The molecule has 0 aliphatic rings. The topological polar surface area (TPSA) is 90.4 Å². The van der Waals surface area contributed by atoms with E-state index in [0.717, 1.165) is 0 Å². The molecule has 0 fully saturated rings. The monoisotopic (exact) mass is 133 g/mol. The van der Waals surface area contributed by atoms with Gasteiger partial charge in [-0.1, -0.05) is 0 Å². The molecule has 5 heteroatoms. The molecule has 0 rings (SSSR count). The SMILES string of the molecule is COC(=O)[C@](C)(N)NN. The minimum atomic E-state index is -1.28. The first-order chi connectivity index (χ1) is 4.04. The number of carbonyl (C=O) groups is 1. The summed E-state index contributed by atoms with van der Waals surface area (Å²) in [5.74, 6) is 4.31. The van der Waals surface area contributed by atoms with Gasteiger partial charge in [-0.05, 0) is 6.92 Å². The lowest BCUT2D eigenvalue weighted by Crippen LogP contribution is -2.60. The van der Waals surface area contributed by atoms with Crippen LogP contribution in [-0.4, -0.2) is 18.7 Å². The van der Waals surface area contributed by atoms with E-state index in [1.54, 1.807) is 0 Å². The van der Waals surface area contributed by atoms with Gasteiger partial charge in [-0.25, -0.2) is 10.2 Å². The average Bonchev–Trinajstić information content (AvgIpc) is 1.86. The molecule has 0 aromatic carbocycles. The Balaban J connectivity index is 3.97. The summed E-state index contributed by atoms with van der Waals surface area (Å²) in [6.07, 6.45) is 0. The van der Waals surface area contributed by atoms with Gasteiger partial charge in [0.1, 0.15) is 0 Å². The molecule has 0 amide bonds. The third-order valence-corrected chi connectivity index (χ3v) is 0.909. The summed E-state index contributed by atoms with van der Waals surface area (Å²) in [5.41, 5.74) is 6.07. The number of hydrazine groups is 1. The van der Waals surface area contributed by atoms with Crippen molar-refractivity contribution in [3.05, 3.63) is 0 Å².